The van der Waals surface area contributed by atoms with Crippen LogP contribution in [0.1, 0.15) is 15.9 Å². The number of aryl methyl sites for hydroxylation is 1. The molecule has 6 heteroatoms. The van der Waals surface area contributed by atoms with Crippen molar-refractivity contribution >= 4 is 29.2 Å². The summed E-state index contributed by atoms with van der Waals surface area (Å²) in [4.78, 5) is 27.7. The second-order valence-corrected chi connectivity index (χ2v) is 4.85. The zero-order valence-electron chi connectivity index (χ0n) is 11.4. The van der Waals surface area contributed by atoms with Crippen molar-refractivity contribution in [2.24, 2.45) is 0 Å². The number of nitrogens with one attached hydrogen (secondary N) is 2. The van der Waals surface area contributed by atoms with Crippen molar-refractivity contribution in [3.63, 3.8) is 0 Å². The van der Waals surface area contributed by atoms with Crippen LogP contribution >= 0.6 is 11.6 Å². The Kier molecular flexibility index (Phi) is 4.90. The van der Waals surface area contributed by atoms with Gasteiger partial charge in [-0.2, -0.15) is 0 Å². The lowest BCUT2D eigenvalue weighted by atomic mass is 10.2. The van der Waals surface area contributed by atoms with E-state index >= 15 is 0 Å². The number of benzene rings is 1. The van der Waals surface area contributed by atoms with Crippen LogP contribution in [-0.4, -0.2) is 23.3 Å². The molecule has 2 rings (SSSR count). The number of hydrogen-bond acceptors (Lipinski definition) is 3. The van der Waals surface area contributed by atoms with E-state index in [0.29, 0.717) is 16.4 Å². The molecule has 0 radical (unpaired) electrons. The predicted molar refractivity (Wildman–Crippen MR) is 81.4 cm³/mol. The molecule has 5 nitrogen and oxygen atoms in total. The molecule has 1 aromatic heterocycles. The lowest BCUT2D eigenvalue weighted by Gasteiger charge is -2.08. The van der Waals surface area contributed by atoms with Crippen LogP contribution in [-0.2, 0) is 4.79 Å². The first kappa shape index (κ1) is 15.0. The molecule has 0 unspecified atom stereocenters. The van der Waals surface area contributed by atoms with Crippen LogP contribution in [0.3, 0.4) is 0 Å². The average Bonchev–Trinajstić information content (AvgIpc) is 2.47. The minimum absolute atomic E-state index is 0.138. The zero-order valence-corrected chi connectivity index (χ0v) is 12.1. The van der Waals surface area contributed by atoms with Crippen molar-refractivity contribution < 1.29 is 9.59 Å². The molecule has 2 amide bonds. The molecule has 0 spiro atoms. The zero-order chi connectivity index (χ0) is 15.2. The van der Waals surface area contributed by atoms with E-state index in [1.807, 2.05) is 13.0 Å². The third-order valence-corrected chi connectivity index (χ3v) is 3.00. The van der Waals surface area contributed by atoms with Gasteiger partial charge in [-0.05, 0) is 36.8 Å². The molecule has 2 N–H and O–H groups in total. The largest absolute Gasteiger partial charge is 0.343 e. The van der Waals surface area contributed by atoms with Crippen LogP contribution in [0.2, 0.25) is 5.02 Å². The van der Waals surface area contributed by atoms with E-state index < -0.39 is 0 Å². The summed E-state index contributed by atoms with van der Waals surface area (Å²) in [5, 5.41) is 5.63. The predicted octanol–water partition coefficient (Wildman–Crippen LogP) is 2.41. The number of aromatic nitrogens is 1. The molecule has 0 bridgehead atoms. The second-order valence-electron chi connectivity index (χ2n) is 4.41. The smallest absolute Gasteiger partial charge is 0.251 e. The van der Waals surface area contributed by atoms with Crippen LogP contribution in [0, 0.1) is 6.92 Å². The minimum Gasteiger partial charge on any atom is -0.343 e. The third kappa shape index (κ3) is 4.29. The van der Waals surface area contributed by atoms with Crippen molar-refractivity contribution in [1.82, 2.24) is 10.3 Å². The highest BCUT2D eigenvalue weighted by Crippen LogP contribution is 2.10. The Morgan fingerprint density at radius 2 is 2.05 bits per heavy atom. The molecule has 0 aliphatic rings. The standard InChI is InChI=1S/C15H14ClN3O2/c1-10-4-3-7-17-14(10)19-13(20)9-18-15(21)11-5-2-6-12(16)8-11/h2-8H,9H2,1H3,(H,18,21)(H,17,19,20). The van der Waals surface area contributed by atoms with E-state index in [-0.39, 0.29) is 18.4 Å². The summed E-state index contributed by atoms with van der Waals surface area (Å²) in [6, 6.07) is 10.1. The summed E-state index contributed by atoms with van der Waals surface area (Å²) < 4.78 is 0. The van der Waals surface area contributed by atoms with Crippen molar-refractivity contribution in [3.05, 3.63) is 58.7 Å². The van der Waals surface area contributed by atoms with E-state index in [2.05, 4.69) is 15.6 Å². The topological polar surface area (TPSA) is 71.1 Å². The van der Waals surface area contributed by atoms with Crippen LogP contribution in [0.15, 0.2) is 42.6 Å². The quantitative estimate of drug-likeness (QED) is 0.911. The van der Waals surface area contributed by atoms with Crippen molar-refractivity contribution in [2.45, 2.75) is 6.92 Å². The normalized spacial score (nSPS) is 10.0. The Balaban J connectivity index is 1.90. The van der Waals surface area contributed by atoms with Gasteiger partial charge in [-0.25, -0.2) is 4.98 Å². The monoisotopic (exact) mass is 303 g/mol. The van der Waals surface area contributed by atoms with E-state index in [0.717, 1.165) is 5.56 Å². The molecule has 1 aromatic carbocycles. The summed E-state index contributed by atoms with van der Waals surface area (Å²) >= 11 is 5.81. The lowest BCUT2D eigenvalue weighted by molar-refractivity contribution is -0.115. The Morgan fingerprint density at radius 3 is 2.76 bits per heavy atom. The Morgan fingerprint density at radius 1 is 1.24 bits per heavy atom. The fraction of sp³-hybridized carbons (Fsp3) is 0.133. The van der Waals surface area contributed by atoms with Crippen LogP contribution in [0.4, 0.5) is 5.82 Å². The van der Waals surface area contributed by atoms with Gasteiger partial charge in [-0.15, -0.1) is 0 Å². The molecule has 1 heterocycles. The second kappa shape index (κ2) is 6.85. The Bertz CT molecular complexity index is 673. The Hall–Kier alpha value is -2.40. The van der Waals surface area contributed by atoms with E-state index in [9.17, 15) is 9.59 Å². The van der Waals surface area contributed by atoms with Gasteiger partial charge in [0.25, 0.3) is 5.91 Å². The molecule has 21 heavy (non-hydrogen) atoms. The minimum atomic E-state index is -0.356. The Labute approximate surface area is 127 Å². The van der Waals surface area contributed by atoms with Crippen LogP contribution in [0.5, 0.6) is 0 Å². The maximum atomic E-state index is 11.9. The highest BCUT2D eigenvalue weighted by Gasteiger charge is 2.09. The van der Waals surface area contributed by atoms with Gasteiger partial charge in [0.15, 0.2) is 0 Å². The van der Waals surface area contributed by atoms with Gasteiger partial charge in [-0.3, -0.25) is 9.59 Å². The van der Waals surface area contributed by atoms with Gasteiger partial charge >= 0.3 is 0 Å². The van der Waals surface area contributed by atoms with E-state index in [4.69, 9.17) is 11.6 Å². The average molecular weight is 304 g/mol. The molecular formula is C15H14ClN3O2. The highest BCUT2D eigenvalue weighted by atomic mass is 35.5. The number of amides is 2. The van der Waals surface area contributed by atoms with E-state index in [1.54, 1.807) is 30.5 Å². The maximum absolute atomic E-state index is 11.9. The number of carbonyl (C=O) groups excluding carboxylic acids is 2. The maximum Gasteiger partial charge on any atom is 0.251 e. The number of rotatable bonds is 4. The fourth-order valence-electron chi connectivity index (χ4n) is 1.69. The molecule has 0 atom stereocenters. The van der Waals surface area contributed by atoms with Crippen LogP contribution < -0.4 is 10.6 Å². The summed E-state index contributed by atoms with van der Waals surface area (Å²) in [5.74, 6) is -0.211. The van der Waals surface area contributed by atoms with Crippen LogP contribution in [0.25, 0.3) is 0 Å². The first-order valence-corrected chi connectivity index (χ1v) is 6.69. The summed E-state index contributed by atoms with van der Waals surface area (Å²) in [5.41, 5.74) is 1.26. The fourth-order valence-corrected chi connectivity index (χ4v) is 1.88. The van der Waals surface area contributed by atoms with Gasteiger partial charge in [0.05, 0.1) is 6.54 Å². The SMILES string of the molecule is Cc1cccnc1NC(=O)CNC(=O)c1cccc(Cl)c1. The summed E-state index contributed by atoms with van der Waals surface area (Å²) in [6.07, 6.45) is 1.59. The number of carbonyl (C=O) groups is 2. The molecular weight excluding hydrogens is 290 g/mol. The molecule has 0 saturated heterocycles. The molecule has 0 aliphatic carbocycles. The number of pyridine rings is 1. The molecule has 0 aliphatic heterocycles. The molecule has 2 aromatic rings. The first-order chi connectivity index (χ1) is 10.1. The van der Waals surface area contributed by atoms with Crippen molar-refractivity contribution in [3.8, 4) is 0 Å². The summed E-state index contributed by atoms with van der Waals surface area (Å²) in [6.45, 7) is 1.70. The van der Waals surface area contributed by atoms with Crippen molar-refractivity contribution in [1.29, 1.82) is 0 Å². The molecule has 0 fully saturated rings. The highest BCUT2D eigenvalue weighted by molar-refractivity contribution is 6.31. The number of nitrogens with zero attached hydrogens (tertiary/aromatic N) is 1. The summed E-state index contributed by atoms with van der Waals surface area (Å²) in [7, 11) is 0. The van der Waals surface area contributed by atoms with Gasteiger partial charge < -0.3 is 10.6 Å². The third-order valence-electron chi connectivity index (χ3n) is 2.76. The van der Waals surface area contributed by atoms with Gasteiger partial charge in [0.2, 0.25) is 5.91 Å². The number of anilines is 1. The van der Waals surface area contributed by atoms with Gasteiger partial charge in [-0.1, -0.05) is 23.7 Å². The number of halogens is 1. The lowest BCUT2D eigenvalue weighted by Crippen LogP contribution is -2.33. The van der Waals surface area contributed by atoms with Gasteiger partial charge in [0, 0.05) is 16.8 Å². The molecule has 0 saturated carbocycles. The number of hydrogen-bond donors (Lipinski definition) is 2. The van der Waals surface area contributed by atoms with Crippen molar-refractivity contribution in [2.75, 3.05) is 11.9 Å². The first-order valence-electron chi connectivity index (χ1n) is 6.31. The molecule has 108 valence electrons. The van der Waals surface area contributed by atoms with E-state index in [1.165, 1.54) is 6.07 Å². The van der Waals surface area contributed by atoms with Gasteiger partial charge in [0.1, 0.15) is 5.82 Å².